The quantitative estimate of drug-likeness (QED) is 0.456. The van der Waals surface area contributed by atoms with Crippen LogP contribution < -0.4 is 16.0 Å². The van der Waals surface area contributed by atoms with Gasteiger partial charge in [-0.1, -0.05) is 0 Å². The number of carbonyl (C=O) groups is 1. The van der Waals surface area contributed by atoms with Gasteiger partial charge in [0.15, 0.2) is 17.5 Å². The molecule has 2 heterocycles. The molecule has 1 aromatic carbocycles. The first-order valence-corrected chi connectivity index (χ1v) is 7.92. The van der Waals surface area contributed by atoms with Crippen LogP contribution in [0.4, 0.5) is 29.5 Å². The first-order chi connectivity index (χ1) is 13.0. The highest BCUT2D eigenvalue weighted by Crippen LogP contribution is 2.19. The molecule has 0 aliphatic carbocycles. The van der Waals surface area contributed by atoms with E-state index in [1.165, 1.54) is 6.33 Å². The first kappa shape index (κ1) is 18.2. The number of nitrogens with one attached hydrogen (secondary N) is 3. The van der Waals surface area contributed by atoms with Crippen molar-refractivity contribution < 1.29 is 18.0 Å². The fourth-order valence-electron chi connectivity index (χ4n) is 2.23. The third-order valence-corrected chi connectivity index (χ3v) is 3.52. The van der Waals surface area contributed by atoms with Crippen molar-refractivity contribution in [3.8, 4) is 5.82 Å². The van der Waals surface area contributed by atoms with Crippen molar-refractivity contribution in [1.82, 2.24) is 19.9 Å². The van der Waals surface area contributed by atoms with E-state index < -0.39 is 29.2 Å². The molecule has 140 valence electrons. The smallest absolute Gasteiger partial charge is 0.319 e. The van der Waals surface area contributed by atoms with Crippen molar-refractivity contribution in [1.29, 1.82) is 0 Å². The molecule has 0 atom stereocenters. The van der Waals surface area contributed by atoms with Crippen LogP contribution in [-0.2, 0) is 0 Å². The van der Waals surface area contributed by atoms with Crippen molar-refractivity contribution in [2.24, 2.45) is 0 Å². The summed E-state index contributed by atoms with van der Waals surface area (Å²) in [5.74, 6) is -3.19. The summed E-state index contributed by atoms with van der Waals surface area (Å²) in [6.07, 6.45) is 5.09. The third-order valence-electron chi connectivity index (χ3n) is 3.52. The van der Waals surface area contributed by atoms with E-state index in [9.17, 15) is 18.0 Å². The second kappa shape index (κ2) is 8.21. The number of anilines is 2. The third kappa shape index (κ3) is 4.54. The molecular weight excluding hydrogens is 361 g/mol. The van der Waals surface area contributed by atoms with Crippen LogP contribution in [0.5, 0.6) is 0 Å². The van der Waals surface area contributed by atoms with Crippen molar-refractivity contribution in [3.05, 3.63) is 66.5 Å². The van der Waals surface area contributed by atoms with Crippen molar-refractivity contribution >= 4 is 17.5 Å². The number of hydrogen-bond acceptors (Lipinski definition) is 4. The van der Waals surface area contributed by atoms with Crippen LogP contribution in [-0.4, -0.2) is 33.7 Å². The fourth-order valence-corrected chi connectivity index (χ4v) is 2.23. The second-order valence-corrected chi connectivity index (χ2v) is 5.38. The van der Waals surface area contributed by atoms with Gasteiger partial charge in [-0.15, -0.1) is 0 Å². The van der Waals surface area contributed by atoms with Gasteiger partial charge in [-0.05, 0) is 24.3 Å². The van der Waals surface area contributed by atoms with Gasteiger partial charge in [0, 0.05) is 31.5 Å². The molecule has 0 saturated heterocycles. The van der Waals surface area contributed by atoms with Crippen LogP contribution in [0.1, 0.15) is 0 Å². The van der Waals surface area contributed by atoms with E-state index in [4.69, 9.17) is 0 Å². The Morgan fingerprint density at radius 1 is 1.04 bits per heavy atom. The second-order valence-electron chi connectivity index (χ2n) is 5.38. The molecule has 7 nitrogen and oxygen atoms in total. The Hall–Kier alpha value is -3.56. The van der Waals surface area contributed by atoms with Crippen LogP contribution in [0.3, 0.4) is 0 Å². The molecule has 0 spiro atoms. The van der Waals surface area contributed by atoms with E-state index in [1.54, 1.807) is 6.07 Å². The molecule has 0 unspecified atom stereocenters. The number of nitrogens with zero attached hydrogens (tertiary/aromatic N) is 3. The Balaban J connectivity index is 1.47. The van der Waals surface area contributed by atoms with Gasteiger partial charge in [-0.3, -0.25) is 0 Å². The minimum Gasteiger partial charge on any atom is -0.368 e. The summed E-state index contributed by atoms with van der Waals surface area (Å²) in [5, 5.41) is 7.58. The molecule has 2 amide bonds. The largest absolute Gasteiger partial charge is 0.368 e. The number of rotatable bonds is 6. The van der Waals surface area contributed by atoms with E-state index >= 15 is 0 Å². The molecule has 0 radical (unpaired) electrons. The van der Waals surface area contributed by atoms with E-state index in [0.717, 1.165) is 12.1 Å². The summed E-state index contributed by atoms with van der Waals surface area (Å²) in [6, 6.07) is 6.39. The molecule has 0 aliphatic heterocycles. The predicted molar refractivity (Wildman–Crippen MR) is 93.2 cm³/mol. The topological polar surface area (TPSA) is 83.9 Å². The van der Waals surface area contributed by atoms with Gasteiger partial charge in [0.2, 0.25) is 0 Å². The minimum absolute atomic E-state index is 0.181. The molecule has 2 aromatic heterocycles. The maximum atomic E-state index is 13.5. The van der Waals surface area contributed by atoms with Crippen molar-refractivity contribution in [2.45, 2.75) is 0 Å². The Kier molecular flexibility index (Phi) is 5.55. The van der Waals surface area contributed by atoms with Crippen molar-refractivity contribution in [2.75, 3.05) is 23.7 Å². The Morgan fingerprint density at radius 2 is 1.81 bits per heavy atom. The van der Waals surface area contributed by atoms with Crippen LogP contribution in [0.15, 0.2) is 49.1 Å². The molecule has 3 rings (SSSR count). The summed E-state index contributed by atoms with van der Waals surface area (Å²) >= 11 is 0. The summed E-state index contributed by atoms with van der Waals surface area (Å²) in [4.78, 5) is 19.9. The molecular formula is C17H15F3N6O. The number of urea groups is 1. The average molecular weight is 376 g/mol. The fraction of sp³-hybridized carbons (Fsp3) is 0.118. The van der Waals surface area contributed by atoms with Gasteiger partial charge in [0.05, 0.1) is 5.69 Å². The van der Waals surface area contributed by atoms with Crippen LogP contribution in [0.25, 0.3) is 5.82 Å². The molecule has 10 heteroatoms. The van der Waals surface area contributed by atoms with Gasteiger partial charge in [0.25, 0.3) is 0 Å². The summed E-state index contributed by atoms with van der Waals surface area (Å²) in [5.41, 5.74) is -0.452. The minimum atomic E-state index is -1.64. The SMILES string of the molecule is O=C(NCCNc1cc(-n2cccc2)ncn1)Nc1ccc(F)c(F)c1F. The number of aromatic nitrogens is 3. The summed E-state index contributed by atoms with van der Waals surface area (Å²) in [7, 11) is 0. The van der Waals surface area contributed by atoms with Crippen LogP contribution >= 0.6 is 0 Å². The van der Waals surface area contributed by atoms with E-state index in [0.29, 0.717) is 18.2 Å². The van der Waals surface area contributed by atoms with E-state index in [-0.39, 0.29) is 6.54 Å². The number of amides is 2. The summed E-state index contributed by atoms with van der Waals surface area (Å²) in [6.45, 7) is 0.510. The van der Waals surface area contributed by atoms with Gasteiger partial charge in [-0.2, -0.15) is 0 Å². The van der Waals surface area contributed by atoms with Gasteiger partial charge >= 0.3 is 6.03 Å². The van der Waals surface area contributed by atoms with E-state index in [2.05, 4.69) is 25.9 Å². The highest BCUT2D eigenvalue weighted by molar-refractivity contribution is 5.89. The standard InChI is InChI=1S/C17H15F3N6O/c18-11-3-4-12(16(20)15(11)19)25-17(27)22-6-5-21-13-9-14(24-10-23-13)26-7-1-2-8-26/h1-4,7-10H,5-6H2,(H,21,23,24)(H2,22,25,27). The number of halogens is 3. The Morgan fingerprint density at radius 3 is 2.59 bits per heavy atom. The average Bonchev–Trinajstić information content (AvgIpc) is 3.21. The Bertz CT molecular complexity index is 932. The van der Waals surface area contributed by atoms with Crippen LogP contribution in [0, 0.1) is 17.5 Å². The maximum absolute atomic E-state index is 13.5. The van der Waals surface area contributed by atoms with Crippen molar-refractivity contribution in [3.63, 3.8) is 0 Å². The van der Waals surface area contributed by atoms with Gasteiger partial charge in [0.1, 0.15) is 18.0 Å². The zero-order valence-corrected chi connectivity index (χ0v) is 13.9. The number of hydrogen-bond donors (Lipinski definition) is 3. The maximum Gasteiger partial charge on any atom is 0.319 e. The van der Waals surface area contributed by atoms with Gasteiger partial charge < -0.3 is 20.5 Å². The normalized spacial score (nSPS) is 10.5. The van der Waals surface area contributed by atoms with Crippen LogP contribution in [0.2, 0.25) is 0 Å². The highest BCUT2D eigenvalue weighted by atomic mass is 19.2. The molecule has 0 aliphatic rings. The number of carbonyl (C=O) groups excluding carboxylic acids is 1. The lowest BCUT2D eigenvalue weighted by Gasteiger charge is -2.10. The lowest BCUT2D eigenvalue weighted by Crippen LogP contribution is -2.33. The highest BCUT2D eigenvalue weighted by Gasteiger charge is 2.14. The molecule has 3 aromatic rings. The molecule has 3 N–H and O–H groups in total. The van der Waals surface area contributed by atoms with Gasteiger partial charge in [-0.25, -0.2) is 27.9 Å². The Labute approximate surface area is 152 Å². The molecule has 0 fully saturated rings. The zero-order chi connectivity index (χ0) is 19.2. The zero-order valence-electron chi connectivity index (χ0n) is 13.9. The molecule has 27 heavy (non-hydrogen) atoms. The molecule has 0 bridgehead atoms. The molecule has 0 saturated carbocycles. The lowest BCUT2D eigenvalue weighted by molar-refractivity contribution is 0.252. The first-order valence-electron chi connectivity index (χ1n) is 7.92. The lowest BCUT2D eigenvalue weighted by atomic mass is 10.3. The number of benzene rings is 1. The monoisotopic (exact) mass is 376 g/mol. The predicted octanol–water partition coefficient (Wildman–Crippen LogP) is 2.92. The summed E-state index contributed by atoms with van der Waals surface area (Å²) < 4.78 is 41.3. The van der Waals surface area contributed by atoms with E-state index in [1.807, 2.05) is 29.1 Å².